The third-order valence-electron chi connectivity index (χ3n) is 4.62. The molecule has 19 heavy (non-hydrogen) atoms. The van der Waals surface area contributed by atoms with Crippen LogP contribution < -0.4 is 5.32 Å². The van der Waals surface area contributed by atoms with Crippen LogP contribution in [0.1, 0.15) is 63.8 Å². The third kappa shape index (κ3) is 3.82. The van der Waals surface area contributed by atoms with Crippen molar-refractivity contribution in [2.24, 2.45) is 11.3 Å². The number of hydrogen-bond acceptors (Lipinski definition) is 2. The number of thiophene rings is 1. The fourth-order valence-corrected chi connectivity index (χ4v) is 4.40. The Hall–Kier alpha value is -0.340. The van der Waals surface area contributed by atoms with E-state index in [9.17, 15) is 0 Å². The summed E-state index contributed by atoms with van der Waals surface area (Å²) in [6.45, 7) is 10.5. The van der Waals surface area contributed by atoms with Crippen molar-refractivity contribution in [2.75, 3.05) is 0 Å². The summed E-state index contributed by atoms with van der Waals surface area (Å²) < 4.78 is 0. The molecule has 1 fully saturated rings. The van der Waals surface area contributed by atoms with E-state index in [1.54, 1.807) is 4.88 Å². The molecule has 1 N–H and O–H groups in total. The normalized spacial score (nSPS) is 24.6. The molecule has 0 radical (unpaired) electrons. The van der Waals surface area contributed by atoms with Gasteiger partial charge < -0.3 is 5.32 Å². The van der Waals surface area contributed by atoms with Gasteiger partial charge in [0.05, 0.1) is 0 Å². The lowest BCUT2D eigenvalue weighted by Gasteiger charge is -2.41. The first-order chi connectivity index (χ1) is 9.02. The molecule has 0 spiro atoms. The predicted molar refractivity (Wildman–Crippen MR) is 85.7 cm³/mol. The highest BCUT2D eigenvalue weighted by molar-refractivity contribution is 7.10. The molecule has 1 aromatic heterocycles. The van der Waals surface area contributed by atoms with Gasteiger partial charge in [0.1, 0.15) is 0 Å². The highest BCUT2D eigenvalue weighted by Crippen LogP contribution is 2.38. The molecule has 2 rings (SSSR count). The minimum absolute atomic E-state index is 0.432. The van der Waals surface area contributed by atoms with Gasteiger partial charge in [-0.25, -0.2) is 0 Å². The fraction of sp³-hybridized carbons (Fsp3) is 0.765. The van der Waals surface area contributed by atoms with Crippen molar-refractivity contribution >= 4 is 11.3 Å². The van der Waals surface area contributed by atoms with Gasteiger partial charge in [-0.1, -0.05) is 40.5 Å². The molecule has 1 nitrogen and oxygen atoms in total. The van der Waals surface area contributed by atoms with Crippen LogP contribution in [0.3, 0.4) is 0 Å². The fourth-order valence-electron chi connectivity index (χ4n) is 3.47. The van der Waals surface area contributed by atoms with Crippen molar-refractivity contribution in [3.05, 3.63) is 21.9 Å². The summed E-state index contributed by atoms with van der Waals surface area (Å²) in [6.07, 6.45) is 6.73. The molecule has 108 valence electrons. The lowest BCUT2D eigenvalue weighted by molar-refractivity contribution is 0.130. The Labute approximate surface area is 122 Å². The molecule has 0 amide bonds. The van der Waals surface area contributed by atoms with E-state index in [2.05, 4.69) is 44.5 Å². The summed E-state index contributed by atoms with van der Waals surface area (Å²) >= 11 is 1.91. The lowest BCUT2D eigenvalue weighted by atomic mass is 9.69. The molecular formula is C17H29NS. The van der Waals surface area contributed by atoms with Gasteiger partial charge in [-0.3, -0.25) is 0 Å². The Kier molecular flexibility index (Phi) is 5.08. The summed E-state index contributed by atoms with van der Waals surface area (Å²) in [7, 11) is 0. The van der Waals surface area contributed by atoms with Gasteiger partial charge in [-0.15, -0.1) is 11.3 Å². The zero-order valence-electron chi connectivity index (χ0n) is 13.0. The minimum atomic E-state index is 0.432. The first kappa shape index (κ1) is 15.1. The van der Waals surface area contributed by atoms with Crippen LogP contribution in [0.2, 0.25) is 0 Å². The van der Waals surface area contributed by atoms with Gasteiger partial charge in [0, 0.05) is 17.5 Å². The van der Waals surface area contributed by atoms with Gasteiger partial charge in [0.2, 0.25) is 0 Å². The average Bonchev–Trinajstić information content (AvgIpc) is 2.83. The standard InChI is InChI=1S/C17H29NS/c1-5-13-10-11-19-16(13)12-18-15-9-7-6-8-14(15)17(2,3)4/h10-11,14-15,18H,5-9,12H2,1-4H3. The lowest BCUT2D eigenvalue weighted by Crippen LogP contribution is -2.43. The molecule has 1 aliphatic rings. The molecule has 0 bridgehead atoms. The van der Waals surface area contributed by atoms with E-state index in [0.29, 0.717) is 11.5 Å². The second-order valence-electron chi connectivity index (χ2n) is 6.97. The molecule has 2 heteroatoms. The van der Waals surface area contributed by atoms with Crippen LogP contribution in [0.5, 0.6) is 0 Å². The molecule has 0 saturated heterocycles. The van der Waals surface area contributed by atoms with E-state index < -0.39 is 0 Å². The molecule has 1 saturated carbocycles. The zero-order valence-corrected chi connectivity index (χ0v) is 13.8. The Morgan fingerprint density at radius 1 is 1.26 bits per heavy atom. The van der Waals surface area contributed by atoms with Crippen LogP contribution in [0, 0.1) is 11.3 Å². The monoisotopic (exact) mass is 279 g/mol. The zero-order chi connectivity index (χ0) is 13.9. The maximum Gasteiger partial charge on any atom is 0.0305 e. The minimum Gasteiger partial charge on any atom is -0.309 e. The molecule has 0 aliphatic heterocycles. The highest BCUT2D eigenvalue weighted by atomic mass is 32.1. The number of rotatable bonds is 4. The van der Waals surface area contributed by atoms with E-state index in [0.717, 1.165) is 18.9 Å². The smallest absolute Gasteiger partial charge is 0.0305 e. The van der Waals surface area contributed by atoms with Gasteiger partial charge in [-0.05, 0) is 47.6 Å². The van der Waals surface area contributed by atoms with E-state index in [-0.39, 0.29) is 0 Å². The summed E-state index contributed by atoms with van der Waals surface area (Å²) in [5.74, 6) is 0.825. The molecule has 0 aromatic carbocycles. The van der Waals surface area contributed by atoms with E-state index in [1.165, 1.54) is 31.2 Å². The van der Waals surface area contributed by atoms with Crippen molar-refractivity contribution in [3.63, 3.8) is 0 Å². The van der Waals surface area contributed by atoms with Gasteiger partial charge >= 0.3 is 0 Å². The van der Waals surface area contributed by atoms with Crippen molar-refractivity contribution in [3.8, 4) is 0 Å². The van der Waals surface area contributed by atoms with Crippen LogP contribution >= 0.6 is 11.3 Å². The summed E-state index contributed by atoms with van der Waals surface area (Å²) in [5.41, 5.74) is 1.96. The molecule has 1 aliphatic carbocycles. The molecular weight excluding hydrogens is 250 g/mol. The Morgan fingerprint density at radius 2 is 2.00 bits per heavy atom. The third-order valence-corrected chi connectivity index (χ3v) is 5.58. The predicted octanol–water partition coefficient (Wildman–Crippen LogP) is 5.01. The summed E-state index contributed by atoms with van der Waals surface area (Å²) in [4.78, 5) is 1.54. The second kappa shape index (κ2) is 6.41. The topological polar surface area (TPSA) is 12.0 Å². The van der Waals surface area contributed by atoms with E-state index >= 15 is 0 Å². The van der Waals surface area contributed by atoms with Gasteiger partial charge in [0.15, 0.2) is 0 Å². The Bertz CT molecular complexity index is 388. The second-order valence-corrected chi connectivity index (χ2v) is 7.97. The van der Waals surface area contributed by atoms with Crippen LogP contribution in [-0.4, -0.2) is 6.04 Å². The number of aryl methyl sites for hydroxylation is 1. The van der Waals surface area contributed by atoms with E-state index in [4.69, 9.17) is 0 Å². The number of hydrogen-bond donors (Lipinski definition) is 1. The largest absolute Gasteiger partial charge is 0.309 e. The Morgan fingerprint density at radius 3 is 2.68 bits per heavy atom. The van der Waals surface area contributed by atoms with Crippen LogP contribution in [0.4, 0.5) is 0 Å². The maximum atomic E-state index is 3.87. The van der Waals surface area contributed by atoms with Crippen LogP contribution in [-0.2, 0) is 13.0 Å². The SMILES string of the molecule is CCc1ccsc1CNC1CCCCC1C(C)(C)C. The highest BCUT2D eigenvalue weighted by Gasteiger charge is 2.33. The molecule has 1 heterocycles. The van der Waals surface area contributed by atoms with Crippen molar-refractivity contribution < 1.29 is 0 Å². The Balaban J connectivity index is 1.97. The van der Waals surface area contributed by atoms with Gasteiger partial charge in [-0.2, -0.15) is 0 Å². The molecule has 2 atom stereocenters. The number of nitrogens with one attached hydrogen (secondary N) is 1. The van der Waals surface area contributed by atoms with Gasteiger partial charge in [0.25, 0.3) is 0 Å². The molecule has 1 aromatic rings. The maximum absolute atomic E-state index is 3.87. The van der Waals surface area contributed by atoms with Crippen LogP contribution in [0.15, 0.2) is 11.4 Å². The quantitative estimate of drug-likeness (QED) is 0.817. The summed E-state index contributed by atoms with van der Waals surface area (Å²) in [5, 5.41) is 6.10. The van der Waals surface area contributed by atoms with Crippen molar-refractivity contribution in [1.29, 1.82) is 0 Å². The molecule has 2 unspecified atom stereocenters. The first-order valence-corrected chi connectivity index (χ1v) is 8.69. The van der Waals surface area contributed by atoms with Crippen molar-refractivity contribution in [1.82, 2.24) is 5.32 Å². The average molecular weight is 279 g/mol. The summed E-state index contributed by atoms with van der Waals surface area (Å²) in [6, 6.07) is 2.99. The van der Waals surface area contributed by atoms with Crippen LogP contribution in [0.25, 0.3) is 0 Å². The van der Waals surface area contributed by atoms with E-state index in [1.807, 2.05) is 11.3 Å². The van der Waals surface area contributed by atoms with Crippen molar-refractivity contribution in [2.45, 2.75) is 72.4 Å². The first-order valence-electron chi connectivity index (χ1n) is 7.81.